The van der Waals surface area contributed by atoms with E-state index < -0.39 is 0 Å². The standard InChI is InChI=1S/C17H27N/c1-13-10-15(16(2,3)4)7-6-14(13)11-17(8-9-17)12-18-5/h6-7,10,18H,8-9,11-12H2,1-5H3. The van der Waals surface area contributed by atoms with Crippen LogP contribution in [0.4, 0.5) is 0 Å². The van der Waals surface area contributed by atoms with Crippen molar-refractivity contribution in [2.24, 2.45) is 5.41 Å². The Bertz CT molecular complexity index is 422. The molecule has 0 radical (unpaired) electrons. The molecule has 0 amide bonds. The quantitative estimate of drug-likeness (QED) is 0.850. The van der Waals surface area contributed by atoms with E-state index in [1.54, 1.807) is 0 Å². The van der Waals surface area contributed by atoms with Crippen molar-refractivity contribution < 1.29 is 0 Å². The van der Waals surface area contributed by atoms with Crippen LogP contribution in [0.3, 0.4) is 0 Å². The summed E-state index contributed by atoms with van der Waals surface area (Å²) in [7, 11) is 2.07. The number of hydrogen-bond acceptors (Lipinski definition) is 1. The molecule has 0 heterocycles. The maximum atomic E-state index is 3.35. The lowest BCUT2D eigenvalue weighted by atomic mass is 9.84. The summed E-state index contributed by atoms with van der Waals surface area (Å²) in [6, 6.07) is 7.05. The summed E-state index contributed by atoms with van der Waals surface area (Å²) in [6.45, 7) is 10.3. The lowest BCUT2D eigenvalue weighted by Gasteiger charge is -2.22. The van der Waals surface area contributed by atoms with Gasteiger partial charge in [0.2, 0.25) is 0 Å². The fourth-order valence-corrected chi connectivity index (χ4v) is 2.73. The highest BCUT2D eigenvalue weighted by Gasteiger charge is 2.41. The molecule has 0 aromatic heterocycles. The van der Waals surface area contributed by atoms with Gasteiger partial charge in [-0.05, 0) is 60.8 Å². The van der Waals surface area contributed by atoms with Gasteiger partial charge in [0.1, 0.15) is 0 Å². The molecular weight excluding hydrogens is 218 g/mol. The van der Waals surface area contributed by atoms with Gasteiger partial charge in [0.25, 0.3) is 0 Å². The van der Waals surface area contributed by atoms with Crippen molar-refractivity contribution in [3.05, 3.63) is 34.9 Å². The van der Waals surface area contributed by atoms with E-state index in [1.165, 1.54) is 36.0 Å². The van der Waals surface area contributed by atoms with Crippen molar-refractivity contribution in [3.8, 4) is 0 Å². The number of hydrogen-bond donors (Lipinski definition) is 1. The molecule has 1 aromatic carbocycles. The van der Waals surface area contributed by atoms with E-state index in [0.29, 0.717) is 5.41 Å². The molecule has 100 valence electrons. The minimum absolute atomic E-state index is 0.255. The van der Waals surface area contributed by atoms with Crippen LogP contribution < -0.4 is 5.32 Å². The second-order valence-corrected chi connectivity index (χ2v) is 7.10. The second kappa shape index (κ2) is 4.70. The Morgan fingerprint density at radius 3 is 2.33 bits per heavy atom. The topological polar surface area (TPSA) is 12.0 Å². The summed E-state index contributed by atoms with van der Waals surface area (Å²) in [5.74, 6) is 0. The molecular formula is C17H27N. The van der Waals surface area contributed by atoms with Gasteiger partial charge in [0, 0.05) is 6.54 Å². The predicted octanol–water partition coefficient (Wildman–Crippen LogP) is 3.83. The van der Waals surface area contributed by atoms with Crippen molar-refractivity contribution in [3.63, 3.8) is 0 Å². The van der Waals surface area contributed by atoms with Gasteiger partial charge in [-0.25, -0.2) is 0 Å². The first-order valence-corrected chi connectivity index (χ1v) is 7.11. The molecule has 1 aliphatic carbocycles. The Morgan fingerprint density at radius 1 is 1.22 bits per heavy atom. The third kappa shape index (κ3) is 2.95. The van der Waals surface area contributed by atoms with Crippen LogP contribution in [0, 0.1) is 12.3 Å². The summed E-state index contributed by atoms with van der Waals surface area (Å²) >= 11 is 0. The van der Waals surface area contributed by atoms with E-state index >= 15 is 0 Å². The van der Waals surface area contributed by atoms with Crippen LogP contribution >= 0.6 is 0 Å². The maximum Gasteiger partial charge on any atom is 0.000800 e. The van der Waals surface area contributed by atoms with Gasteiger partial charge in [0.05, 0.1) is 0 Å². The lowest BCUT2D eigenvalue weighted by Crippen LogP contribution is -2.22. The summed E-state index contributed by atoms with van der Waals surface area (Å²) < 4.78 is 0. The van der Waals surface area contributed by atoms with E-state index in [4.69, 9.17) is 0 Å². The zero-order valence-corrected chi connectivity index (χ0v) is 12.6. The first kappa shape index (κ1) is 13.6. The molecule has 0 bridgehead atoms. The number of nitrogens with one attached hydrogen (secondary N) is 1. The third-order valence-electron chi connectivity index (χ3n) is 4.28. The van der Waals surface area contributed by atoms with Crippen molar-refractivity contribution in [2.45, 2.75) is 52.4 Å². The number of benzene rings is 1. The predicted molar refractivity (Wildman–Crippen MR) is 79.2 cm³/mol. The third-order valence-corrected chi connectivity index (χ3v) is 4.28. The molecule has 0 aliphatic heterocycles. The molecule has 0 saturated heterocycles. The molecule has 1 aliphatic rings. The Labute approximate surface area is 112 Å². The first-order chi connectivity index (χ1) is 8.36. The monoisotopic (exact) mass is 245 g/mol. The zero-order chi connectivity index (χ0) is 13.4. The van der Waals surface area contributed by atoms with Crippen LogP contribution in [0.2, 0.25) is 0 Å². The Hall–Kier alpha value is -0.820. The molecule has 1 nitrogen and oxygen atoms in total. The summed E-state index contributed by atoms with van der Waals surface area (Å²) in [6.07, 6.45) is 4.01. The summed E-state index contributed by atoms with van der Waals surface area (Å²) in [5.41, 5.74) is 5.26. The minimum Gasteiger partial charge on any atom is -0.319 e. The highest BCUT2D eigenvalue weighted by Crippen LogP contribution is 2.48. The molecule has 2 rings (SSSR count). The second-order valence-electron chi connectivity index (χ2n) is 7.10. The molecule has 1 saturated carbocycles. The maximum absolute atomic E-state index is 3.35. The average Bonchev–Trinajstić information content (AvgIpc) is 3.00. The molecule has 1 N–H and O–H groups in total. The minimum atomic E-state index is 0.255. The number of rotatable bonds is 4. The molecule has 1 aromatic rings. The van der Waals surface area contributed by atoms with Gasteiger partial charge in [-0.2, -0.15) is 0 Å². The summed E-state index contributed by atoms with van der Waals surface area (Å²) in [4.78, 5) is 0. The lowest BCUT2D eigenvalue weighted by molar-refractivity contribution is 0.477. The Balaban J connectivity index is 2.16. The van der Waals surface area contributed by atoms with Crippen molar-refractivity contribution in [1.82, 2.24) is 5.32 Å². The molecule has 1 fully saturated rings. The van der Waals surface area contributed by atoms with Crippen LogP contribution in [0.25, 0.3) is 0 Å². The van der Waals surface area contributed by atoms with Crippen LogP contribution in [0.5, 0.6) is 0 Å². The Morgan fingerprint density at radius 2 is 1.89 bits per heavy atom. The fourth-order valence-electron chi connectivity index (χ4n) is 2.73. The molecule has 1 heteroatoms. The highest BCUT2D eigenvalue weighted by molar-refractivity contribution is 5.35. The van der Waals surface area contributed by atoms with Crippen LogP contribution in [-0.2, 0) is 11.8 Å². The van der Waals surface area contributed by atoms with Gasteiger partial charge in [-0.1, -0.05) is 39.0 Å². The van der Waals surface area contributed by atoms with E-state index in [9.17, 15) is 0 Å². The SMILES string of the molecule is CNCC1(Cc2ccc(C(C)(C)C)cc2C)CC1. The highest BCUT2D eigenvalue weighted by atomic mass is 14.8. The smallest absolute Gasteiger partial charge is 0.000800 e. The van der Waals surface area contributed by atoms with Crippen molar-refractivity contribution >= 4 is 0 Å². The van der Waals surface area contributed by atoms with E-state index in [2.05, 4.69) is 58.3 Å². The number of aryl methyl sites for hydroxylation is 1. The fraction of sp³-hybridized carbons (Fsp3) is 0.647. The molecule has 0 spiro atoms. The largest absolute Gasteiger partial charge is 0.319 e. The van der Waals surface area contributed by atoms with Gasteiger partial charge >= 0.3 is 0 Å². The van der Waals surface area contributed by atoms with E-state index in [0.717, 1.165) is 6.54 Å². The van der Waals surface area contributed by atoms with Crippen LogP contribution in [0.1, 0.15) is 50.3 Å². The van der Waals surface area contributed by atoms with Gasteiger partial charge < -0.3 is 5.32 Å². The normalized spacial score (nSPS) is 17.8. The van der Waals surface area contributed by atoms with Crippen LogP contribution in [0.15, 0.2) is 18.2 Å². The average molecular weight is 245 g/mol. The Kier molecular flexibility index (Phi) is 3.55. The van der Waals surface area contributed by atoms with Gasteiger partial charge in [-0.3, -0.25) is 0 Å². The van der Waals surface area contributed by atoms with Crippen molar-refractivity contribution in [1.29, 1.82) is 0 Å². The zero-order valence-electron chi connectivity index (χ0n) is 12.6. The molecule has 0 unspecified atom stereocenters. The summed E-state index contributed by atoms with van der Waals surface area (Å²) in [5, 5.41) is 3.35. The van der Waals surface area contributed by atoms with Gasteiger partial charge in [-0.15, -0.1) is 0 Å². The van der Waals surface area contributed by atoms with E-state index in [1.807, 2.05) is 0 Å². The van der Waals surface area contributed by atoms with Crippen molar-refractivity contribution in [2.75, 3.05) is 13.6 Å². The first-order valence-electron chi connectivity index (χ1n) is 7.11. The van der Waals surface area contributed by atoms with E-state index in [-0.39, 0.29) is 5.41 Å². The van der Waals surface area contributed by atoms with Crippen LogP contribution in [-0.4, -0.2) is 13.6 Å². The molecule has 18 heavy (non-hydrogen) atoms. The molecule has 0 atom stereocenters. The van der Waals surface area contributed by atoms with Gasteiger partial charge in [0.15, 0.2) is 0 Å².